The summed E-state index contributed by atoms with van der Waals surface area (Å²) in [5, 5.41) is 4.60. The second-order valence-corrected chi connectivity index (χ2v) is 5.09. The number of nitrogens with one attached hydrogen (secondary N) is 1. The zero-order chi connectivity index (χ0) is 14.1. The van der Waals surface area contributed by atoms with Crippen molar-refractivity contribution < 1.29 is 9.47 Å². The second kappa shape index (κ2) is 5.29. The molecule has 106 valence electrons. The highest BCUT2D eigenvalue weighted by molar-refractivity contribution is 5.96. The molecular weight excluding hydrogens is 252 g/mol. The van der Waals surface area contributed by atoms with Gasteiger partial charge in [0.05, 0.1) is 37.2 Å². The Morgan fingerprint density at radius 2 is 2.25 bits per heavy atom. The Hall–Kier alpha value is -1.81. The highest BCUT2D eigenvalue weighted by atomic mass is 16.5. The molecule has 1 aliphatic heterocycles. The molecule has 0 radical (unpaired) electrons. The van der Waals surface area contributed by atoms with Gasteiger partial charge in [0.25, 0.3) is 0 Å². The van der Waals surface area contributed by atoms with Crippen molar-refractivity contribution in [3.63, 3.8) is 0 Å². The van der Waals surface area contributed by atoms with Crippen LogP contribution in [0.4, 0.5) is 5.69 Å². The Balaban J connectivity index is 2.33. The number of pyridine rings is 1. The largest absolute Gasteiger partial charge is 0.497 e. The fourth-order valence-corrected chi connectivity index (χ4v) is 2.80. The monoisotopic (exact) mass is 272 g/mol. The number of anilines is 1. The van der Waals surface area contributed by atoms with Crippen molar-refractivity contribution in [2.75, 3.05) is 25.6 Å². The molecule has 0 aliphatic carbocycles. The second-order valence-electron chi connectivity index (χ2n) is 5.09. The number of methoxy groups -OCH3 is 1. The van der Waals surface area contributed by atoms with Crippen molar-refractivity contribution in [1.82, 2.24) is 4.98 Å². The molecule has 0 saturated heterocycles. The van der Waals surface area contributed by atoms with Gasteiger partial charge in [0.1, 0.15) is 5.75 Å². The molecule has 1 aromatic heterocycles. The predicted molar refractivity (Wildman–Crippen MR) is 80.6 cm³/mol. The third-order valence-electron chi connectivity index (χ3n) is 3.76. The van der Waals surface area contributed by atoms with Gasteiger partial charge >= 0.3 is 0 Å². The average molecular weight is 272 g/mol. The van der Waals surface area contributed by atoms with Crippen LogP contribution >= 0.6 is 0 Å². The molecule has 0 fully saturated rings. The summed E-state index contributed by atoms with van der Waals surface area (Å²) in [6.45, 7) is 6.46. The molecule has 0 saturated carbocycles. The van der Waals surface area contributed by atoms with E-state index in [-0.39, 0.29) is 0 Å². The van der Waals surface area contributed by atoms with E-state index in [4.69, 9.17) is 14.5 Å². The fourth-order valence-electron chi connectivity index (χ4n) is 2.80. The molecule has 2 aromatic rings. The van der Waals surface area contributed by atoms with Crippen LogP contribution in [-0.2, 0) is 17.8 Å². The van der Waals surface area contributed by atoms with E-state index in [1.807, 2.05) is 6.07 Å². The summed E-state index contributed by atoms with van der Waals surface area (Å²) in [6, 6.07) is 4.10. The van der Waals surface area contributed by atoms with E-state index < -0.39 is 0 Å². The molecule has 1 N–H and O–H groups in total. The van der Waals surface area contributed by atoms with E-state index in [1.54, 1.807) is 7.11 Å². The first-order chi connectivity index (χ1) is 9.74. The number of nitrogens with zero attached hydrogens (tertiary/aromatic N) is 1. The van der Waals surface area contributed by atoms with Crippen molar-refractivity contribution in [1.29, 1.82) is 0 Å². The third kappa shape index (κ3) is 2.10. The SMILES string of the molecule is CCNc1c2c(nc3c(C)cc(OC)cc13)CCOC2. The lowest BCUT2D eigenvalue weighted by Crippen LogP contribution is -2.15. The van der Waals surface area contributed by atoms with Gasteiger partial charge in [-0.05, 0) is 31.5 Å². The Morgan fingerprint density at radius 1 is 1.40 bits per heavy atom. The maximum atomic E-state index is 5.61. The molecule has 3 rings (SSSR count). The van der Waals surface area contributed by atoms with E-state index in [1.165, 1.54) is 5.56 Å². The van der Waals surface area contributed by atoms with Gasteiger partial charge in [-0.3, -0.25) is 4.98 Å². The number of rotatable bonds is 3. The first-order valence-corrected chi connectivity index (χ1v) is 7.06. The Kier molecular flexibility index (Phi) is 3.49. The maximum absolute atomic E-state index is 5.61. The Labute approximate surface area is 119 Å². The van der Waals surface area contributed by atoms with Gasteiger partial charge in [0.15, 0.2) is 0 Å². The highest BCUT2D eigenvalue weighted by Gasteiger charge is 2.19. The number of hydrogen-bond acceptors (Lipinski definition) is 4. The first kappa shape index (κ1) is 13.2. The van der Waals surface area contributed by atoms with E-state index in [0.29, 0.717) is 6.61 Å². The quantitative estimate of drug-likeness (QED) is 0.932. The summed E-state index contributed by atoms with van der Waals surface area (Å²) in [4.78, 5) is 4.86. The van der Waals surface area contributed by atoms with E-state index >= 15 is 0 Å². The molecule has 2 heterocycles. The molecule has 0 unspecified atom stereocenters. The lowest BCUT2D eigenvalue weighted by atomic mass is 10.0. The van der Waals surface area contributed by atoms with Crippen molar-refractivity contribution in [3.05, 3.63) is 29.0 Å². The van der Waals surface area contributed by atoms with E-state index in [9.17, 15) is 0 Å². The summed E-state index contributed by atoms with van der Waals surface area (Å²) in [5.41, 5.74) is 5.70. The number of aromatic nitrogens is 1. The Morgan fingerprint density at radius 3 is 3.00 bits per heavy atom. The van der Waals surface area contributed by atoms with Crippen LogP contribution in [0.2, 0.25) is 0 Å². The molecule has 20 heavy (non-hydrogen) atoms. The van der Waals surface area contributed by atoms with Crippen molar-refractivity contribution in [2.24, 2.45) is 0 Å². The van der Waals surface area contributed by atoms with Crippen LogP contribution in [0.3, 0.4) is 0 Å². The maximum Gasteiger partial charge on any atom is 0.119 e. The number of aryl methyl sites for hydroxylation is 1. The fraction of sp³-hybridized carbons (Fsp3) is 0.438. The standard InChI is InChI=1S/C16H20N2O2/c1-4-17-16-12-8-11(19-3)7-10(2)15(12)18-14-5-6-20-9-13(14)16/h7-8H,4-6,9H2,1-3H3,(H,17,18). The van der Waals surface area contributed by atoms with Crippen molar-refractivity contribution >= 4 is 16.6 Å². The summed E-state index contributed by atoms with van der Waals surface area (Å²) < 4.78 is 11.0. The van der Waals surface area contributed by atoms with E-state index in [2.05, 4.69) is 25.2 Å². The van der Waals surface area contributed by atoms with Crippen molar-refractivity contribution in [2.45, 2.75) is 26.9 Å². The number of benzene rings is 1. The Bertz CT molecular complexity index is 653. The van der Waals surface area contributed by atoms with Crippen LogP contribution in [0, 0.1) is 6.92 Å². The van der Waals surface area contributed by atoms with Crippen LogP contribution in [-0.4, -0.2) is 25.2 Å². The van der Waals surface area contributed by atoms with Gasteiger partial charge in [0, 0.05) is 23.9 Å². The third-order valence-corrected chi connectivity index (χ3v) is 3.76. The van der Waals surface area contributed by atoms with E-state index in [0.717, 1.165) is 53.2 Å². The van der Waals surface area contributed by atoms with Gasteiger partial charge in [-0.15, -0.1) is 0 Å². The molecule has 0 amide bonds. The van der Waals surface area contributed by atoms with Gasteiger partial charge in [-0.25, -0.2) is 0 Å². The highest BCUT2D eigenvalue weighted by Crippen LogP contribution is 2.35. The molecular formula is C16H20N2O2. The van der Waals surface area contributed by atoms with Crippen LogP contribution < -0.4 is 10.1 Å². The van der Waals surface area contributed by atoms with Crippen LogP contribution in [0.1, 0.15) is 23.7 Å². The van der Waals surface area contributed by atoms with Gasteiger partial charge in [0.2, 0.25) is 0 Å². The van der Waals surface area contributed by atoms with Gasteiger partial charge < -0.3 is 14.8 Å². The summed E-state index contributed by atoms with van der Waals surface area (Å²) in [5.74, 6) is 0.868. The minimum Gasteiger partial charge on any atom is -0.497 e. The zero-order valence-corrected chi connectivity index (χ0v) is 12.2. The minimum atomic E-state index is 0.636. The molecule has 0 spiro atoms. The van der Waals surface area contributed by atoms with Crippen molar-refractivity contribution in [3.8, 4) is 5.75 Å². The lowest BCUT2D eigenvalue weighted by Gasteiger charge is -2.22. The number of hydrogen-bond donors (Lipinski definition) is 1. The lowest BCUT2D eigenvalue weighted by molar-refractivity contribution is 0.110. The topological polar surface area (TPSA) is 43.4 Å². The predicted octanol–water partition coefficient (Wildman–Crippen LogP) is 3.06. The summed E-state index contributed by atoms with van der Waals surface area (Å²) in [6.07, 6.45) is 0.884. The molecule has 4 heteroatoms. The van der Waals surface area contributed by atoms with Crippen LogP contribution in [0.15, 0.2) is 12.1 Å². The summed E-state index contributed by atoms with van der Waals surface area (Å²) >= 11 is 0. The average Bonchev–Trinajstić information content (AvgIpc) is 2.48. The number of ether oxygens (including phenoxy) is 2. The van der Waals surface area contributed by atoms with Gasteiger partial charge in [-0.2, -0.15) is 0 Å². The molecule has 1 aliphatic rings. The van der Waals surface area contributed by atoms with Crippen LogP contribution in [0.25, 0.3) is 10.9 Å². The zero-order valence-electron chi connectivity index (χ0n) is 12.2. The van der Waals surface area contributed by atoms with Gasteiger partial charge in [-0.1, -0.05) is 0 Å². The normalized spacial score (nSPS) is 14.2. The minimum absolute atomic E-state index is 0.636. The molecule has 1 aromatic carbocycles. The van der Waals surface area contributed by atoms with Crippen LogP contribution in [0.5, 0.6) is 5.75 Å². The smallest absolute Gasteiger partial charge is 0.119 e. The number of fused-ring (bicyclic) bond motifs is 2. The molecule has 4 nitrogen and oxygen atoms in total. The summed E-state index contributed by atoms with van der Waals surface area (Å²) in [7, 11) is 1.70. The first-order valence-electron chi connectivity index (χ1n) is 7.06. The molecule has 0 atom stereocenters. The molecule has 0 bridgehead atoms.